The monoisotopic (exact) mass is 267 g/mol. The summed E-state index contributed by atoms with van der Waals surface area (Å²) in [6.07, 6.45) is 2.75. The molecule has 0 spiro atoms. The number of halogens is 1. The lowest BCUT2D eigenvalue weighted by Crippen LogP contribution is -2.33. The highest BCUT2D eigenvalue weighted by atomic mass is 79.9. The topological polar surface area (TPSA) is 3.24 Å². The Bertz CT molecular complexity index is 324. The summed E-state index contributed by atoms with van der Waals surface area (Å²) in [5.41, 5.74) is 1.42. The molecule has 1 nitrogen and oxygen atoms in total. The second-order valence-corrected chi connectivity index (χ2v) is 5.53. The first kappa shape index (κ1) is 11.2. The molecular weight excluding hydrogens is 250 g/mol. The second kappa shape index (κ2) is 5.13. The molecule has 0 amide bonds. The van der Waals surface area contributed by atoms with E-state index in [9.17, 15) is 0 Å². The maximum Gasteiger partial charge on any atom is 0.0234 e. The van der Waals surface area contributed by atoms with Gasteiger partial charge in [0.2, 0.25) is 0 Å². The Balaban J connectivity index is 1.96. The highest BCUT2D eigenvalue weighted by molar-refractivity contribution is 9.10. The van der Waals surface area contributed by atoms with Gasteiger partial charge in [-0.2, -0.15) is 0 Å². The van der Waals surface area contributed by atoms with E-state index in [-0.39, 0.29) is 0 Å². The van der Waals surface area contributed by atoms with Gasteiger partial charge in [0.15, 0.2) is 0 Å². The Kier molecular flexibility index (Phi) is 3.81. The van der Waals surface area contributed by atoms with Crippen molar-refractivity contribution in [1.29, 1.82) is 0 Å². The summed E-state index contributed by atoms with van der Waals surface area (Å²) in [5, 5.41) is 0. The van der Waals surface area contributed by atoms with Gasteiger partial charge in [0, 0.05) is 17.6 Å². The fourth-order valence-electron chi connectivity index (χ4n) is 2.32. The Morgan fingerprint density at radius 3 is 3.07 bits per heavy atom. The Labute approximate surface area is 101 Å². The normalized spacial score (nSPS) is 22.9. The molecule has 0 saturated carbocycles. The van der Waals surface area contributed by atoms with Gasteiger partial charge in [-0.15, -0.1) is 0 Å². The maximum absolute atomic E-state index is 3.52. The fourth-order valence-corrected chi connectivity index (χ4v) is 2.77. The molecule has 1 atom stereocenters. The highest BCUT2D eigenvalue weighted by Gasteiger charge is 2.15. The van der Waals surface area contributed by atoms with E-state index in [1.165, 1.54) is 36.0 Å². The van der Waals surface area contributed by atoms with E-state index in [0.29, 0.717) is 0 Å². The average molecular weight is 268 g/mol. The third kappa shape index (κ3) is 3.32. The van der Waals surface area contributed by atoms with Crippen LogP contribution in [0.25, 0.3) is 0 Å². The number of hydrogen-bond donors (Lipinski definition) is 0. The largest absolute Gasteiger partial charge is 0.299 e. The van der Waals surface area contributed by atoms with Gasteiger partial charge >= 0.3 is 0 Å². The molecule has 1 aliphatic rings. The zero-order valence-electron chi connectivity index (χ0n) is 9.25. The molecule has 1 saturated heterocycles. The molecule has 15 heavy (non-hydrogen) atoms. The number of rotatable bonds is 2. The van der Waals surface area contributed by atoms with E-state index in [1.54, 1.807) is 0 Å². The zero-order chi connectivity index (χ0) is 10.7. The minimum absolute atomic E-state index is 0.867. The van der Waals surface area contributed by atoms with Crippen LogP contribution in [-0.2, 0) is 6.54 Å². The fraction of sp³-hybridized carbons (Fsp3) is 0.538. The van der Waals surface area contributed by atoms with Crippen molar-refractivity contribution in [2.24, 2.45) is 5.92 Å². The van der Waals surface area contributed by atoms with Gasteiger partial charge in [0.05, 0.1) is 0 Å². The lowest BCUT2D eigenvalue weighted by atomic mass is 10.00. The molecule has 1 fully saturated rings. The smallest absolute Gasteiger partial charge is 0.0234 e. The number of nitrogens with zero attached hydrogens (tertiary/aromatic N) is 1. The highest BCUT2D eigenvalue weighted by Crippen LogP contribution is 2.19. The molecule has 0 aliphatic carbocycles. The van der Waals surface area contributed by atoms with Crippen LogP contribution in [-0.4, -0.2) is 18.0 Å². The first-order valence-corrected chi connectivity index (χ1v) is 6.50. The maximum atomic E-state index is 3.52. The molecule has 82 valence electrons. The molecule has 1 heterocycles. The van der Waals surface area contributed by atoms with Crippen LogP contribution in [0.4, 0.5) is 0 Å². The standard InChI is InChI=1S/C13H18BrN/c1-11-4-3-7-15(9-11)10-12-5-2-6-13(14)8-12/h2,5-6,8,11H,3-4,7,9-10H2,1H3. The van der Waals surface area contributed by atoms with E-state index < -0.39 is 0 Å². The van der Waals surface area contributed by atoms with Gasteiger partial charge in [-0.05, 0) is 43.0 Å². The summed E-state index contributed by atoms with van der Waals surface area (Å²) >= 11 is 3.52. The predicted octanol–water partition coefficient (Wildman–Crippen LogP) is 3.68. The van der Waals surface area contributed by atoms with Crippen molar-refractivity contribution in [3.8, 4) is 0 Å². The van der Waals surface area contributed by atoms with Crippen LogP contribution in [0.15, 0.2) is 28.7 Å². The van der Waals surface area contributed by atoms with Crippen LogP contribution >= 0.6 is 15.9 Å². The molecular formula is C13H18BrN. The van der Waals surface area contributed by atoms with Crippen molar-refractivity contribution < 1.29 is 0 Å². The molecule has 2 rings (SSSR count). The lowest BCUT2D eigenvalue weighted by Gasteiger charge is -2.30. The van der Waals surface area contributed by atoms with Gasteiger partial charge in [0.1, 0.15) is 0 Å². The van der Waals surface area contributed by atoms with E-state index >= 15 is 0 Å². The van der Waals surface area contributed by atoms with Crippen molar-refractivity contribution in [1.82, 2.24) is 4.90 Å². The van der Waals surface area contributed by atoms with Crippen LogP contribution < -0.4 is 0 Å². The zero-order valence-corrected chi connectivity index (χ0v) is 10.8. The Hall–Kier alpha value is -0.340. The first-order chi connectivity index (χ1) is 7.24. The minimum Gasteiger partial charge on any atom is -0.299 e. The summed E-state index contributed by atoms with van der Waals surface area (Å²) in [4.78, 5) is 2.57. The van der Waals surface area contributed by atoms with Crippen molar-refractivity contribution >= 4 is 15.9 Å². The molecule has 0 N–H and O–H groups in total. The first-order valence-electron chi connectivity index (χ1n) is 5.71. The molecule has 1 unspecified atom stereocenters. The van der Waals surface area contributed by atoms with Crippen LogP contribution in [0, 0.1) is 5.92 Å². The van der Waals surface area contributed by atoms with E-state index in [1.807, 2.05) is 0 Å². The van der Waals surface area contributed by atoms with Gasteiger partial charge in [-0.1, -0.05) is 35.0 Å². The molecule has 0 radical (unpaired) electrons. The van der Waals surface area contributed by atoms with Crippen molar-refractivity contribution in [2.75, 3.05) is 13.1 Å². The van der Waals surface area contributed by atoms with Crippen molar-refractivity contribution in [2.45, 2.75) is 26.3 Å². The van der Waals surface area contributed by atoms with Crippen LogP contribution in [0.3, 0.4) is 0 Å². The summed E-state index contributed by atoms with van der Waals surface area (Å²) in [6.45, 7) is 5.97. The van der Waals surface area contributed by atoms with Gasteiger partial charge in [-0.25, -0.2) is 0 Å². The van der Waals surface area contributed by atoms with Crippen LogP contribution in [0.1, 0.15) is 25.3 Å². The number of hydrogen-bond acceptors (Lipinski definition) is 1. The molecule has 1 aliphatic heterocycles. The van der Waals surface area contributed by atoms with Crippen LogP contribution in [0.5, 0.6) is 0 Å². The van der Waals surface area contributed by atoms with Gasteiger partial charge in [0.25, 0.3) is 0 Å². The quantitative estimate of drug-likeness (QED) is 0.790. The molecule has 0 bridgehead atoms. The molecule has 1 aromatic rings. The van der Waals surface area contributed by atoms with Crippen molar-refractivity contribution in [3.63, 3.8) is 0 Å². The minimum atomic E-state index is 0.867. The number of likely N-dealkylation sites (tertiary alicyclic amines) is 1. The summed E-state index contributed by atoms with van der Waals surface area (Å²) in [6, 6.07) is 8.64. The van der Waals surface area contributed by atoms with Crippen molar-refractivity contribution in [3.05, 3.63) is 34.3 Å². The van der Waals surface area contributed by atoms with E-state index in [4.69, 9.17) is 0 Å². The summed E-state index contributed by atoms with van der Waals surface area (Å²) in [5.74, 6) is 0.867. The van der Waals surface area contributed by atoms with Gasteiger partial charge < -0.3 is 0 Å². The predicted molar refractivity (Wildman–Crippen MR) is 67.8 cm³/mol. The lowest BCUT2D eigenvalue weighted by molar-refractivity contribution is 0.176. The SMILES string of the molecule is CC1CCCN(Cc2cccc(Br)c2)C1. The van der Waals surface area contributed by atoms with Crippen LogP contribution in [0.2, 0.25) is 0 Å². The third-order valence-corrected chi connectivity index (χ3v) is 3.53. The van der Waals surface area contributed by atoms with E-state index in [2.05, 4.69) is 52.0 Å². The summed E-state index contributed by atoms with van der Waals surface area (Å²) < 4.78 is 1.19. The van der Waals surface area contributed by atoms with Gasteiger partial charge in [-0.3, -0.25) is 4.90 Å². The Morgan fingerprint density at radius 2 is 2.33 bits per heavy atom. The number of piperidine rings is 1. The second-order valence-electron chi connectivity index (χ2n) is 4.61. The molecule has 1 aromatic carbocycles. The third-order valence-electron chi connectivity index (χ3n) is 3.04. The summed E-state index contributed by atoms with van der Waals surface area (Å²) in [7, 11) is 0. The Morgan fingerprint density at radius 1 is 1.47 bits per heavy atom. The number of benzene rings is 1. The average Bonchev–Trinajstić information content (AvgIpc) is 2.17. The van der Waals surface area contributed by atoms with E-state index in [0.717, 1.165) is 12.5 Å². The molecule has 2 heteroatoms. The molecule has 0 aromatic heterocycles.